The average molecular weight is 450 g/mol. The maximum atomic E-state index is 13.6. The van der Waals surface area contributed by atoms with Crippen LogP contribution >= 0.6 is 11.5 Å². The number of nitrogens with zero attached hydrogens (tertiary/aromatic N) is 3. The predicted octanol–water partition coefficient (Wildman–Crippen LogP) is 3.42. The van der Waals surface area contributed by atoms with Crippen LogP contribution < -0.4 is 19.2 Å². The molecule has 1 atom stereocenters. The first-order chi connectivity index (χ1) is 15.6. The summed E-state index contributed by atoms with van der Waals surface area (Å²) in [6, 6.07) is 16.0. The molecule has 1 aliphatic heterocycles. The molecule has 166 valence electrons. The fraction of sp³-hybridized carbons (Fsp3) is 0.280. The van der Waals surface area contributed by atoms with E-state index in [-0.39, 0.29) is 11.9 Å². The Bertz CT molecular complexity index is 1190. The summed E-state index contributed by atoms with van der Waals surface area (Å²) in [7, 11) is 3.23. The highest BCUT2D eigenvalue weighted by Gasteiger charge is 2.23. The monoisotopic (exact) mass is 449 g/mol. The lowest BCUT2D eigenvalue weighted by molar-refractivity contribution is 0.171. The standard InChI is InChI=1S/C25H27N3O3S/c1-18(20-7-5-4-6-8-20)15-28(16-19-9-10-22(30-2)23(13-19)31-3)25(29)27-12-11-24-21(17-27)14-26-32-24/h4-11,13-14,17-18H,12,15-16H2,1-3H3/t18-/m0/s1. The number of rotatable bonds is 7. The molecule has 0 unspecified atom stereocenters. The summed E-state index contributed by atoms with van der Waals surface area (Å²) in [6.07, 6.45) is 5.76. The number of aromatic nitrogens is 1. The summed E-state index contributed by atoms with van der Waals surface area (Å²) in [6.45, 7) is 3.75. The molecule has 1 aliphatic rings. The van der Waals surface area contributed by atoms with E-state index in [0.29, 0.717) is 31.1 Å². The maximum absolute atomic E-state index is 13.6. The zero-order valence-electron chi connectivity index (χ0n) is 18.5. The Kier molecular flexibility index (Phi) is 6.75. The largest absolute Gasteiger partial charge is 0.493 e. The van der Waals surface area contributed by atoms with Crippen molar-refractivity contribution < 1.29 is 14.3 Å². The SMILES string of the molecule is COc1ccc(CN(C[C@H](C)c2ccccc2)C(=O)N2C=c3cnsc3=CC2)cc1OC. The van der Waals surface area contributed by atoms with Crippen molar-refractivity contribution in [1.82, 2.24) is 14.2 Å². The molecule has 0 spiro atoms. The van der Waals surface area contributed by atoms with Gasteiger partial charge in [0.05, 0.1) is 18.8 Å². The number of benzene rings is 2. The quantitative estimate of drug-likeness (QED) is 0.555. The Balaban J connectivity index is 1.61. The zero-order valence-corrected chi connectivity index (χ0v) is 19.3. The van der Waals surface area contributed by atoms with Crippen LogP contribution in [0.15, 0.2) is 54.7 Å². The number of amides is 2. The second-order valence-corrected chi connectivity index (χ2v) is 8.63. The molecule has 2 heterocycles. The third kappa shape index (κ3) is 4.78. The number of carbonyl (C=O) groups excluding carboxylic acids is 1. The van der Waals surface area contributed by atoms with Gasteiger partial charge in [-0.3, -0.25) is 4.90 Å². The maximum Gasteiger partial charge on any atom is 0.324 e. The van der Waals surface area contributed by atoms with E-state index in [9.17, 15) is 4.79 Å². The van der Waals surface area contributed by atoms with Crippen molar-refractivity contribution in [2.45, 2.75) is 19.4 Å². The zero-order chi connectivity index (χ0) is 22.5. The van der Waals surface area contributed by atoms with Gasteiger partial charge in [0, 0.05) is 37.2 Å². The van der Waals surface area contributed by atoms with Gasteiger partial charge in [0.15, 0.2) is 11.5 Å². The Labute approximate surface area is 192 Å². The highest BCUT2D eigenvalue weighted by molar-refractivity contribution is 7.03. The number of methoxy groups -OCH3 is 2. The lowest BCUT2D eigenvalue weighted by Gasteiger charge is -2.31. The van der Waals surface area contributed by atoms with Gasteiger partial charge in [0.1, 0.15) is 0 Å². The van der Waals surface area contributed by atoms with E-state index in [1.807, 2.05) is 47.5 Å². The van der Waals surface area contributed by atoms with E-state index in [2.05, 4.69) is 29.5 Å². The molecular weight excluding hydrogens is 422 g/mol. The van der Waals surface area contributed by atoms with Crippen molar-refractivity contribution >= 4 is 29.8 Å². The lowest BCUT2D eigenvalue weighted by atomic mass is 10.0. The second-order valence-electron chi connectivity index (χ2n) is 7.80. The van der Waals surface area contributed by atoms with Crippen LogP contribution in [-0.4, -0.2) is 47.5 Å². The van der Waals surface area contributed by atoms with E-state index >= 15 is 0 Å². The molecule has 6 nitrogen and oxygen atoms in total. The molecule has 0 fully saturated rings. The molecule has 4 rings (SSSR count). The van der Waals surface area contributed by atoms with Crippen LogP contribution in [0.1, 0.15) is 24.0 Å². The molecule has 0 aliphatic carbocycles. The molecule has 0 saturated heterocycles. The van der Waals surface area contributed by atoms with Crippen molar-refractivity contribution in [1.29, 1.82) is 0 Å². The first-order valence-electron chi connectivity index (χ1n) is 10.5. The van der Waals surface area contributed by atoms with Gasteiger partial charge in [-0.15, -0.1) is 0 Å². The summed E-state index contributed by atoms with van der Waals surface area (Å²) < 4.78 is 16.2. The van der Waals surface area contributed by atoms with Crippen molar-refractivity contribution in [2.24, 2.45) is 0 Å². The topological polar surface area (TPSA) is 54.9 Å². The van der Waals surface area contributed by atoms with Gasteiger partial charge < -0.3 is 14.4 Å². The Morgan fingerprint density at radius 2 is 1.94 bits per heavy atom. The van der Waals surface area contributed by atoms with E-state index < -0.39 is 0 Å². The van der Waals surface area contributed by atoms with Crippen LogP contribution in [0.4, 0.5) is 4.79 Å². The van der Waals surface area contributed by atoms with Crippen LogP contribution in [0.25, 0.3) is 12.3 Å². The Morgan fingerprint density at radius 3 is 2.69 bits per heavy atom. The molecule has 0 bridgehead atoms. The first-order valence-corrected chi connectivity index (χ1v) is 11.3. The van der Waals surface area contributed by atoms with Crippen LogP contribution in [0.5, 0.6) is 11.5 Å². The van der Waals surface area contributed by atoms with Crippen LogP contribution in [0.2, 0.25) is 0 Å². The van der Waals surface area contributed by atoms with Gasteiger partial charge in [-0.05, 0) is 46.8 Å². The third-order valence-electron chi connectivity index (χ3n) is 5.60. The average Bonchev–Trinajstić information content (AvgIpc) is 3.31. The van der Waals surface area contributed by atoms with Gasteiger partial charge in [-0.1, -0.05) is 43.3 Å². The highest BCUT2D eigenvalue weighted by Crippen LogP contribution is 2.28. The van der Waals surface area contributed by atoms with Crippen LogP contribution in [-0.2, 0) is 6.54 Å². The second kappa shape index (κ2) is 9.87. The molecule has 2 amide bonds. The van der Waals surface area contributed by atoms with Gasteiger partial charge in [0.2, 0.25) is 0 Å². The molecule has 3 aromatic rings. The normalized spacial score (nSPS) is 13.4. The van der Waals surface area contributed by atoms with Crippen molar-refractivity contribution in [3.8, 4) is 11.5 Å². The molecule has 0 saturated carbocycles. The molecule has 7 heteroatoms. The smallest absolute Gasteiger partial charge is 0.324 e. The van der Waals surface area contributed by atoms with E-state index in [4.69, 9.17) is 9.47 Å². The predicted molar refractivity (Wildman–Crippen MR) is 127 cm³/mol. The van der Waals surface area contributed by atoms with E-state index in [0.717, 1.165) is 15.3 Å². The summed E-state index contributed by atoms with van der Waals surface area (Å²) in [5, 5.41) is 0.983. The highest BCUT2D eigenvalue weighted by atomic mass is 32.1. The Morgan fingerprint density at radius 1 is 1.16 bits per heavy atom. The fourth-order valence-corrected chi connectivity index (χ4v) is 4.49. The molecule has 0 radical (unpaired) electrons. The summed E-state index contributed by atoms with van der Waals surface area (Å²) in [5.74, 6) is 1.51. The van der Waals surface area contributed by atoms with Crippen LogP contribution in [0.3, 0.4) is 0 Å². The minimum atomic E-state index is -0.0318. The van der Waals surface area contributed by atoms with Gasteiger partial charge in [0.25, 0.3) is 0 Å². The minimum absolute atomic E-state index is 0.0318. The van der Waals surface area contributed by atoms with E-state index in [1.165, 1.54) is 17.1 Å². The summed E-state index contributed by atoms with van der Waals surface area (Å²) in [5.41, 5.74) is 2.19. The van der Waals surface area contributed by atoms with Crippen LogP contribution in [0, 0.1) is 0 Å². The van der Waals surface area contributed by atoms with Crippen molar-refractivity contribution in [3.63, 3.8) is 0 Å². The number of urea groups is 1. The Hall–Kier alpha value is -3.32. The number of carbonyl (C=O) groups is 1. The molecule has 1 aromatic heterocycles. The molecule has 2 aromatic carbocycles. The van der Waals surface area contributed by atoms with E-state index in [1.54, 1.807) is 25.3 Å². The molecule has 0 N–H and O–H groups in total. The first kappa shape index (κ1) is 21.9. The number of hydrogen-bond acceptors (Lipinski definition) is 5. The van der Waals surface area contributed by atoms with Gasteiger partial charge in [-0.25, -0.2) is 4.79 Å². The fourth-order valence-electron chi connectivity index (χ4n) is 3.85. The number of ether oxygens (including phenoxy) is 2. The molecular formula is C25H27N3O3S. The van der Waals surface area contributed by atoms with Crippen molar-refractivity contribution in [3.05, 3.63) is 75.6 Å². The lowest BCUT2D eigenvalue weighted by Crippen LogP contribution is -2.45. The van der Waals surface area contributed by atoms with Gasteiger partial charge >= 0.3 is 6.03 Å². The minimum Gasteiger partial charge on any atom is -0.493 e. The van der Waals surface area contributed by atoms with Gasteiger partial charge in [-0.2, -0.15) is 4.37 Å². The molecule has 32 heavy (non-hydrogen) atoms. The number of hydrogen-bond donors (Lipinski definition) is 0. The summed E-state index contributed by atoms with van der Waals surface area (Å²) in [4.78, 5) is 17.3. The third-order valence-corrected chi connectivity index (χ3v) is 6.41. The summed E-state index contributed by atoms with van der Waals surface area (Å²) >= 11 is 1.45. The van der Waals surface area contributed by atoms with Crippen molar-refractivity contribution in [2.75, 3.05) is 27.3 Å². The number of fused-ring (bicyclic) bond motifs is 1.